The summed E-state index contributed by atoms with van der Waals surface area (Å²) >= 11 is 0. The molecular formula is C35H38F3N3O7. The normalized spacial score (nSPS) is 16.2. The predicted octanol–water partition coefficient (Wildman–Crippen LogP) is 4.67. The average Bonchev–Trinajstić information content (AvgIpc) is 3.07. The van der Waals surface area contributed by atoms with Crippen molar-refractivity contribution in [3.8, 4) is 17.2 Å². The number of hydrogen-bond donors (Lipinski definition) is 2. The third kappa shape index (κ3) is 7.91. The van der Waals surface area contributed by atoms with Crippen molar-refractivity contribution in [1.82, 2.24) is 15.1 Å². The smallest absolute Gasteiger partial charge is 0.416 e. The highest BCUT2D eigenvalue weighted by molar-refractivity contribution is 6.04. The molecule has 0 fully saturated rings. The minimum atomic E-state index is -5.03. The van der Waals surface area contributed by atoms with Crippen molar-refractivity contribution < 1.29 is 46.9 Å². The highest BCUT2D eigenvalue weighted by Gasteiger charge is 2.45. The number of nitrogens with zero attached hydrogens (tertiary/aromatic N) is 2. The van der Waals surface area contributed by atoms with Crippen LogP contribution in [0.4, 0.5) is 13.2 Å². The second kappa shape index (κ2) is 15.2. The summed E-state index contributed by atoms with van der Waals surface area (Å²) in [7, 11) is 4.20. The van der Waals surface area contributed by atoms with E-state index in [0.717, 1.165) is 4.90 Å². The first-order chi connectivity index (χ1) is 22.8. The lowest BCUT2D eigenvalue weighted by molar-refractivity contribution is -0.212. The maximum atomic E-state index is 14.3. The zero-order chi connectivity index (χ0) is 35.2. The quantitative estimate of drug-likeness (QED) is 0.288. The second-order valence-corrected chi connectivity index (χ2v) is 11.5. The number of ether oxygens (including phenoxy) is 3. The summed E-state index contributed by atoms with van der Waals surface area (Å²) in [6.45, 7) is 2.74. The van der Waals surface area contributed by atoms with E-state index in [1.54, 1.807) is 74.5 Å². The molecule has 48 heavy (non-hydrogen) atoms. The predicted molar refractivity (Wildman–Crippen MR) is 171 cm³/mol. The number of halogens is 3. The zero-order valence-corrected chi connectivity index (χ0v) is 27.2. The van der Waals surface area contributed by atoms with Gasteiger partial charge in [0, 0.05) is 17.3 Å². The number of aliphatic hydroxyl groups excluding tert-OH is 1. The van der Waals surface area contributed by atoms with E-state index in [9.17, 15) is 32.7 Å². The van der Waals surface area contributed by atoms with Crippen LogP contribution in [-0.4, -0.2) is 84.9 Å². The van der Waals surface area contributed by atoms with Gasteiger partial charge in [0.15, 0.2) is 17.6 Å². The van der Waals surface area contributed by atoms with Crippen LogP contribution < -0.4 is 19.5 Å². The molecule has 0 spiro atoms. The van der Waals surface area contributed by atoms with Crippen LogP contribution in [0.5, 0.6) is 17.2 Å². The number of carbonyl (C=O) groups excluding carboxylic acids is 3. The van der Waals surface area contributed by atoms with Gasteiger partial charge in [0.1, 0.15) is 12.6 Å². The molecule has 0 radical (unpaired) electrons. The summed E-state index contributed by atoms with van der Waals surface area (Å²) in [6, 6.07) is 16.7. The van der Waals surface area contributed by atoms with Crippen LogP contribution in [0.1, 0.15) is 35.3 Å². The molecule has 3 aromatic carbocycles. The number of hydrogen-bond acceptors (Lipinski definition) is 7. The maximum Gasteiger partial charge on any atom is 0.416 e. The number of methoxy groups -OCH3 is 3. The van der Waals surface area contributed by atoms with E-state index >= 15 is 0 Å². The van der Waals surface area contributed by atoms with Crippen molar-refractivity contribution in [2.75, 3.05) is 27.9 Å². The second-order valence-electron chi connectivity index (χ2n) is 11.5. The molecule has 1 heterocycles. The van der Waals surface area contributed by atoms with E-state index in [4.69, 9.17) is 14.2 Å². The molecule has 0 aromatic heterocycles. The van der Waals surface area contributed by atoms with Gasteiger partial charge < -0.3 is 29.5 Å². The molecule has 1 aliphatic heterocycles. The van der Waals surface area contributed by atoms with Gasteiger partial charge in [0.25, 0.3) is 11.8 Å². The number of carbonyl (C=O) groups is 3. The fourth-order valence-corrected chi connectivity index (χ4v) is 5.56. The Labute approximate surface area is 276 Å². The van der Waals surface area contributed by atoms with Gasteiger partial charge in [0.2, 0.25) is 11.7 Å². The number of benzene rings is 3. The lowest BCUT2D eigenvalue weighted by Crippen LogP contribution is -2.58. The van der Waals surface area contributed by atoms with Crippen LogP contribution in [-0.2, 0) is 16.0 Å². The summed E-state index contributed by atoms with van der Waals surface area (Å²) in [4.78, 5) is 44.1. The lowest BCUT2D eigenvalue weighted by Gasteiger charge is -2.41. The molecule has 3 unspecified atom stereocenters. The van der Waals surface area contributed by atoms with E-state index in [-0.39, 0.29) is 34.9 Å². The summed E-state index contributed by atoms with van der Waals surface area (Å²) in [5, 5.41) is 12.5. The van der Waals surface area contributed by atoms with Crippen molar-refractivity contribution in [2.24, 2.45) is 5.92 Å². The first-order valence-corrected chi connectivity index (χ1v) is 15.1. The Morgan fingerprint density at radius 1 is 0.917 bits per heavy atom. The molecule has 3 amide bonds. The molecule has 3 atom stereocenters. The van der Waals surface area contributed by atoms with Gasteiger partial charge in [-0.15, -0.1) is 0 Å². The van der Waals surface area contributed by atoms with Crippen LogP contribution in [0, 0.1) is 5.92 Å². The van der Waals surface area contributed by atoms with Crippen LogP contribution in [0.15, 0.2) is 79.0 Å². The number of amides is 3. The van der Waals surface area contributed by atoms with E-state index in [2.05, 4.69) is 5.32 Å². The monoisotopic (exact) mass is 669 g/mol. The topological polar surface area (TPSA) is 118 Å². The number of alkyl halides is 3. The van der Waals surface area contributed by atoms with Gasteiger partial charge in [0.05, 0.1) is 33.1 Å². The molecule has 0 saturated heterocycles. The van der Waals surface area contributed by atoms with E-state index in [0.29, 0.717) is 11.1 Å². The first-order valence-electron chi connectivity index (χ1n) is 15.1. The maximum absolute atomic E-state index is 14.3. The summed E-state index contributed by atoms with van der Waals surface area (Å²) < 4.78 is 57.6. The van der Waals surface area contributed by atoms with Crippen LogP contribution >= 0.6 is 0 Å². The van der Waals surface area contributed by atoms with Gasteiger partial charge in [-0.25, -0.2) is 0 Å². The van der Waals surface area contributed by atoms with E-state index in [1.807, 2.05) is 0 Å². The van der Waals surface area contributed by atoms with Crippen molar-refractivity contribution in [3.05, 3.63) is 95.7 Å². The molecule has 0 aliphatic carbocycles. The minimum Gasteiger partial charge on any atom is -0.493 e. The van der Waals surface area contributed by atoms with Crippen LogP contribution in [0.2, 0.25) is 0 Å². The Balaban J connectivity index is 1.81. The Kier molecular flexibility index (Phi) is 11.4. The highest BCUT2D eigenvalue weighted by Crippen LogP contribution is 2.42. The molecule has 0 bridgehead atoms. The van der Waals surface area contributed by atoms with Crippen LogP contribution in [0.25, 0.3) is 5.70 Å². The Morgan fingerprint density at radius 2 is 1.48 bits per heavy atom. The Bertz CT molecular complexity index is 1610. The lowest BCUT2D eigenvalue weighted by atomic mass is 9.95. The van der Waals surface area contributed by atoms with Gasteiger partial charge in [-0.1, -0.05) is 62.4 Å². The van der Waals surface area contributed by atoms with Gasteiger partial charge in [-0.05, 0) is 42.2 Å². The fraction of sp³-hybridized carbons (Fsp3) is 0.343. The molecule has 4 rings (SSSR count). The number of nitrogens with one attached hydrogen (secondary N) is 1. The van der Waals surface area contributed by atoms with Gasteiger partial charge in [-0.2, -0.15) is 13.2 Å². The van der Waals surface area contributed by atoms with Crippen molar-refractivity contribution in [3.63, 3.8) is 0 Å². The molecule has 256 valence electrons. The van der Waals surface area contributed by atoms with Crippen molar-refractivity contribution in [1.29, 1.82) is 0 Å². The van der Waals surface area contributed by atoms with E-state index in [1.165, 1.54) is 44.6 Å². The standard InChI is InChI=1S/C35H38F3N3O7/c1-21(2)30-34(45)40(20-29(42)39-25(32(43)35(36,37)38)16-22-12-8-6-9-13-22)26(19-41(30)33(44)23-14-10-7-11-15-23)24-17-27(46-3)31(48-5)28(18-24)47-4/h6-15,17-19,21,25,30,32,43H,16,20H2,1-5H3,(H,39,42). The van der Waals surface area contributed by atoms with Crippen molar-refractivity contribution >= 4 is 23.4 Å². The molecule has 0 saturated carbocycles. The third-order valence-corrected chi connectivity index (χ3v) is 7.88. The minimum absolute atomic E-state index is 0.0755. The molecule has 1 aliphatic rings. The Hall–Kier alpha value is -5.04. The number of rotatable bonds is 12. The molecule has 2 N–H and O–H groups in total. The fourth-order valence-electron chi connectivity index (χ4n) is 5.56. The largest absolute Gasteiger partial charge is 0.493 e. The first kappa shape index (κ1) is 35.8. The van der Waals surface area contributed by atoms with Gasteiger partial charge >= 0.3 is 6.18 Å². The average molecular weight is 670 g/mol. The molecule has 10 nitrogen and oxygen atoms in total. The SMILES string of the molecule is COc1cc(C2=CN(C(=O)c3ccccc3)C(C(C)C)C(=O)N2CC(=O)NC(Cc2ccccc2)C(O)C(F)(F)F)cc(OC)c1OC. The Morgan fingerprint density at radius 3 is 1.98 bits per heavy atom. The summed E-state index contributed by atoms with van der Waals surface area (Å²) in [5.41, 5.74) is 1.13. The van der Waals surface area contributed by atoms with E-state index < -0.39 is 54.5 Å². The van der Waals surface area contributed by atoms with Crippen molar-refractivity contribution in [2.45, 2.75) is 44.6 Å². The zero-order valence-electron chi connectivity index (χ0n) is 27.2. The highest BCUT2D eigenvalue weighted by atomic mass is 19.4. The summed E-state index contributed by atoms with van der Waals surface area (Å²) in [5.74, 6) is -1.85. The molecule has 3 aromatic rings. The number of aliphatic hydroxyl groups is 1. The summed E-state index contributed by atoms with van der Waals surface area (Å²) in [6.07, 6.45) is -6.81. The molecular weight excluding hydrogens is 631 g/mol. The molecule has 13 heteroatoms. The van der Waals surface area contributed by atoms with Crippen LogP contribution in [0.3, 0.4) is 0 Å². The third-order valence-electron chi connectivity index (χ3n) is 7.88. The van der Waals surface area contributed by atoms with Gasteiger partial charge in [-0.3, -0.25) is 19.3 Å².